The predicted octanol–water partition coefficient (Wildman–Crippen LogP) is 3.32. The van der Waals surface area contributed by atoms with Crippen molar-refractivity contribution in [2.24, 2.45) is 0 Å². The summed E-state index contributed by atoms with van der Waals surface area (Å²) in [6.07, 6.45) is 1.14. The molecule has 0 radical (unpaired) electrons. The molecular formula is C17H20N2. The zero-order valence-electron chi connectivity index (χ0n) is 11.6. The molecule has 0 saturated carbocycles. The van der Waals surface area contributed by atoms with Gasteiger partial charge in [-0.2, -0.15) is 0 Å². The van der Waals surface area contributed by atoms with Gasteiger partial charge in [0.25, 0.3) is 0 Å². The van der Waals surface area contributed by atoms with Crippen molar-refractivity contribution in [1.82, 2.24) is 0 Å². The van der Waals surface area contributed by atoms with Crippen LogP contribution in [0.1, 0.15) is 11.1 Å². The highest BCUT2D eigenvalue weighted by Gasteiger charge is 2.16. The lowest BCUT2D eigenvalue weighted by Gasteiger charge is -2.31. The van der Waals surface area contributed by atoms with Gasteiger partial charge in [-0.3, -0.25) is 0 Å². The fourth-order valence-electron chi connectivity index (χ4n) is 2.68. The van der Waals surface area contributed by atoms with E-state index in [0.717, 1.165) is 19.5 Å². The molecule has 0 aliphatic carbocycles. The van der Waals surface area contributed by atoms with E-state index in [2.05, 4.69) is 72.4 Å². The van der Waals surface area contributed by atoms with Gasteiger partial charge in [0.2, 0.25) is 0 Å². The molecule has 0 fully saturated rings. The SMILES string of the molecule is CN(C)c1cccc(N2CCc3ccccc3C2)c1. The van der Waals surface area contributed by atoms with Gasteiger partial charge in [-0.05, 0) is 35.7 Å². The van der Waals surface area contributed by atoms with E-state index in [9.17, 15) is 0 Å². The summed E-state index contributed by atoms with van der Waals surface area (Å²) >= 11 is 0. The number of fused-ring (bicyclic) bond motifs is 1. The molecule has 3 rings (SSSR count). The molecule has 19 heavy (non-hydrogen) atoms. The molecule has 0 unspecified atom stereocenters. The lowest BCUT2D eigenvalue weighted by molar-refractivity contribution is 0.731. The van der Waals surface area contributed by atoms with Crippen LogP contribution in [0.5, 0.6) is 0 Å². The predicted molar refractivity (Wildman–Crippen MR) is 82.0 cm³/mol. The Hall–Kier alpha value is -1.96. The van der Waals surface area contributed by atoms with Crippen molar-refractivity contribution in [3.8, 4) is 0 Å². The Labute approximate surface area is 115 Å². The van der Waals surface area contributed by atoms with Crippen molar-refractivity contribution >= 4 is 11.4 Å². The zero-order valence-corrected chi connectivity index (χ0v) is 11.6. The van der Waals surface area contributed by atoms with Gasteiger partial charge in [-0.1, -0.05) is 30.3 Å². The summed E-state index contributed by atoms with van der Waals surface area (Å²) in [6, 6.07) is 17.6. The van der Waals surface area contributed by atoms with E-state index in [4.69, 9.17) is 0 Å². The van der Waals surface area contributed by atoms with Gasteiger partial charge in [0, 0.05) is 38.6 Å². The van der Waals surface area contributed by atoms with Gasteiger partial charge < -0.3 is 9.80 Å². The maximum Gasteiger partial charge on any atom is 0.0432 e. The fraction of sp³-hybridized carbons (Fsp3) is 0.294. The molecule has 0 saturated heterocycles. The molecule has 2 aromatic rings. The van der Waals surface area contributed by atoms with Crippen LogP contribution in [0.3, 0.4) is 0 Å². The van der Waals surface area contributed by atoms with E-state index >= 15 is 0 Å². The van der Waals surface area contributed by atoms with E-state index in [1.807, 2.05) is 0 Å². The second kappa shape index (κ2) is 4.96. The number of rotatable bonds is 2. The van der Waals surface area contributed by atoms with Gasteiger partial charge in [0.1, 0.15) is 0 Å². The third kappa shape index (κ3) is 2.43. The molecular weight excluding hydrogens is 232 g/mol. The molecule has 2 heteroatoms. The topological polar surface area (TPSA) is 6.48 Å². The first-order valence-electron chi connectivity index (χ1n) is 6.83. The Balaban J connectivity index is 1.87. The van der Waals surface area contributed by atoms with E-state index in [0.29, 0.717) is 0 Å². The lowest BCUT2D eigenvalue weighted by atomic mass is 9.99. The number of nitrogens with zero attached hydrogens (tertiary/aromatic N) is 2. The summed E-state index contributed by atoms with van der Waals surface area (Å²) in [7, 11) is 4.18. The molecule has 0 bridgehead atoms. The molecule has 0 amide bonds. The van der Waals surface area contributed by atoms with Crippen LogP contribution >= 0.6 is 0 Å². The maximum atomic E-state index is 2.47. The highest BCUT2D eigenvalue weighted by Crippen LogP contribution is 2.26. The Morgan fingerprint density at radius 2 is 1.74 bits per heavy atom. The summed E-state index contributed by atoms with van der Waals surface area (Å²) in [6.45, 7) is 2.13. The van der Waals surface area contributed by atoms with Gasteiger partial charge in [-0.15, -0.1) is 0 Å². The molecule has 1 aliphatic rings. The summed E-state index contributed by atoms with van der Waals surface area (Å²) in [5.41, 5.74) is 5.54. The average molecular weight is 252 g/mol. The van der Waals surface area contributed by atoms with Crippen molar-refractivity contribution in [3.05, 3.63) is 59.7 Å². The molecule has 1 aliphatic heterocycles. The van der Waals surface area contributed by atoms with Crippen molar-refractivity contribution < 1.29 is 0 Å². The first-order valence-corrected chi connectivity index (χ1v) is 6.83. The average Bonchev–Trinajstić information content (AvgIpc) is 2.47. The quantitative estimate of drug-likeness (QED) is 0.809. The van der Waals surface area contributed by atoms with E-state index < -0.39 is 0 Å². The van der Waals surface area contributed by atoms with Crippen molar-refractivity contribution in [2.45, 2.75) is 13.0 Å². The standard InChI is InChI=1S/C17H20N2/c1-18(2)16-8-5-9-17(12-16)19-11-10-14-6-3-4-7-15(14)13-19/h3-9,12H,10-11,13H2,1-2H3. The van der Waals surface area contributed by atoms with Crippen LogP contribution in [-0.2, 0) is 13.0 Å². The fourth-order valence-corrected chi connectivity index (χ4v) is 2.68. The van der Waals surface area contributed by atoms with Crippen molar-refractivity contribution in [2.75, 3.05) is 30.4 Å². The van der Waals surface area contributed by atoms with Crippen LogP contribution in [-0.4, -0.2) is 20.6 Å². The summed E-state index contributed by atoms with van der Waals surface area (Å²) in [4.78, 5) is 4.62. The summed E-state index contributed by atoms with van der Waals surface area (Å²) in [5, 5.41) is 0. The monoisotopic (exact) mass is 252 g/mol. The number of anilines is 2. The zero-order chi connectivity index (χ0) is 13.2. The summed E-state index contributed by atoms with van der Waals surface area (Å²) < 4.78 is 0. The molecule has 98 valence electrons. The highest BCUT2D eigenvalue weighted by molar-refractivity contribution is 5.59. The van der Waals surface area contributed by atoms with Crippen LogP contribution in [0.25, 0.3) is 0 Å². The van der Waals surface area contributed by atoms with Crippen LogP contribution < -0.4 is 9.80 Å². The Morgan fingerprint density at radius 3 is 2.53 bits per heavy atom. The Morgan fingerprint density at radius 1 is 0.947 bits per heavy atom. The molecule has 1 heterocycles. The van der Waals surface area contributed by atoms with Gasteiger partial charge >= 0.3 is 0 Å². The maximum absolute atomic E-state index is 2.47. The Bertz CT molecular complexity index is 575. The smallest absolute Gasteiger partial charge is 0.0432 e. The van der Waals surface area contributed by atoms with Gasteiger partial charge in [0.05, 0.1) is 0 Å². The summed E-state index contributed by atoms with van der Waals surface area (Å²) in [5.74, 6) is 0. The molecule has 2 nitrogen and oxygen atoms in total. The van der Waals surface area contributed by atoms with Crippen molar-refractivity contribution in [1.29, 1.82) is 0 Å². The van der Waals surface area contributed by atoms with Gasteiger partial charge in [0.15, 0.2) is 0 Å². The lowest BCUT2D eigenvalue weighted by Crippen LogP contribution is -2.30. The number of benzene rings is 2. The minimum Gasteiger partial charge on any atom is -0.378 e. The first-order chi connectivity index (χ1) is 9.24. The first kappa shape index (κ1) is 12.1. The second-order valence-corrected chi connectivity index (χ2v) is 5.35. The highest BCUT2D eigenvalue weighted by atomic mass is 15.1. The molecule has 2 aromatic carbocycles. The molecule has 0 N–H and O–H groups in total. The third-order valence-electron chi connectivity index (χ3n) is 3.84. The minimum atomic E-state index is 1.02. The van der Waals surface area contributed by atoms with Crippen LogP contribution in [0, 0.1) is 0 Å². The van der Waals surface area contributed by atoms with Crippen LogP contribution in [0.4, 0.5) is 11.4 Å². The third-order valence-corrected chi connectivity index (χ3v) is 3.84. The normalized spacial score (nSPS) is 14.1. The van der Waals surface area contributed by atoms with E-state index in [-0.39, 0.29) is 0 Å². The number of hydrogen-bond acceptors (Lipinski definition) is 2. The molecule has 0 spiro atoms. The minimum absolute atomic E-state index is 1.02. The van der Waals surface area contributed by atoms with Crippen LogP contribution in [0.15, 0.2) is 48.5 Å². The second-order valence-electron chi connectivity index (χ2n) is 5.35. The Kier molecular flexibility index (Phi) is 3.16. The molecule has 0 aromatic heterocycles. The van der Waals surface area contributed by atoms with Crippen molar-refractivity contribution in [3.63, 3.8) is 0 Å². The largest absolute Gasteiger partial charge is 0.378 e. The van der Waals surface area contributed by atoms with Crippen LogP contribution in [0.2, 0.25) is 0 Å². The molecule has 0 atom stereocenters. The van der Waals surface area contributed by atoms with Gasteiger partial charge in [-0.25, -0.2) is 0 Å². The number of hydrogen-bond donors (Lipinski definition) is 0. The van der Waals surface area contributed by atoms with E-state index in [1.54, 1.807) is 0 Å². The van der Waals surface area contributed by atoms with E-state index in [1.165, 1.54) is 22.5 Å².